The average Bonchev–Trinajstić information content (AvgIpc) is 3.48. The van der Waals surface area contributed by atoms with Crippen LogP contribution in [0, 0.1) is 29.5 Å². The smallest absolute Gasteiger partial charge is 0.408 e. The lowest BCUT2D eigenvalue weighted by molar-refractivity contribution is 0.0176. The molecule has 13 heteroatoms. The van der Waals surface area contributed by atoms with Crippen LogP contribution >= 0.6 is 0 Å². The molecular formula is C33H45F2N5O6. The standard InChI is InChI=1S/C21H23F2N3O4.C12H22N2O2/c1-9-5-21(24)8-25(7-12(9)21)17-14(23)3-10-16(19(17)30-2)26(15-4-13(15)22)6-11(18(10)27)20(28)29;1-8-5-12(7-13-6-9(8)12)14-10(15)16-11(2,3)4/h3,6,9,12-13,15H,4-5,7-8,24H2,1-2H3,(H,28,29);8-9,13H,5-7H2,1-4H3,(H,14,15)/t9-,12-,13+,15-,21+;8-,9-,12+/m11/s1. The van der Waals surface area contributed by atoms with Gasteiger partial charge in [0.1, 0.15) is 23.0 Å². The average molecular weight is 646 g/mol. The Labute approximate surface area is 266 Å². The number of alkyl carbamates (subject to hydrolysis) is 1. The molecule has 2 aliphatic heterocycles. The van der Waals surface area contributed by atoms with Crippen LogP contribution in [-0.4, -0.2) is 77.9 Å². The van der Waals surface area contributed by atoms with Gasteiger partial charge >= 0.3 is 12.1 Å². The van der Waals surface area contributed by atoms with Gasteiger partial charge in [0.15, 0.2) is 11.6 Å². The Balaban J connectivity index is 0.000000196. The molecule has 1 aromatic heterocycles. The Morgan fingerprint density at radius 3 is 2.41 bits per heavy atom. The first-order chi connectivity index (χ1) is 21.5. The molecule has 0 radical (unpaired) electrons. The Morgan fingerprint density at radius 1 is 1.20 bits per heavy atom. The first-order valence-electron chi connectivity index (χ1n) is 16.1. The van der Waals surface area contributed by atoms with Gasteiger partial charge in [0, 0.05) is 44.3 Å². The number of rotatable bonds is 5. The molecule has 0 bridgehead atoms. The summed E-state index contributed by atoms with van der Waals surface area (Å²) in [6.07, 6.45) is 1.80. The van der Waals surface area contributed by atoms with Crippen LogP contribution in [0.15, 0.2) is 17.1 Å². The van der Waals surface area contributed by atoms with E-state index in [4.69, 9.17) is 15.2 Å². The minimum Gasteiger partial charge on any atom is -0.492 e. The minimum absolute atomic E-state index is 0.0399. The first kappa shape index (κ1) is 32.5. The van der Waals surface area contributed by atoms with Crippen LogP contribution < -0.4 is 31.4 Å². The Bertz CT molecular complexity index is 1640. The molecule has 7 rings (SSSR count). The highest BCUT2D eigenvalue weighted by Crippen LogP contribution is 2.51. The lowest BCUT2D eigenvalue weighted by atomic mass is 9.62. The second-order valence-corrected chi connectivity index (χ2v) is 15.1. The van der Waals surface area contributed by atoms with Crippen molar-refractivity contribution in [3.05, 3.63) is 33.9 Å². The van der Waals surface area contributed by atoms with Gasteiger partial charge in [-0.3, -0.25) is 4.79 Å². The number of carboxylic acid groups (broad SMARTS) is 1. The number of amides is 1. The van der Waals surface area contributed by atoms with Gasteiger partial charge in [-0.15, -0.1) is 0 Å². The highest BCUT2D eigenvalue weighted by molar-refractivity contribution is 5.97. The number of benzene rings is 1. The molecule has 252 valence electrons. The number of pyridine rings is 1. The number of nitrogens with zero attached hydrogens (tertiary/aromatic N) is 2. The van der Waals surface area contributed by atoms with E-state index in [0.717, 1.165) is 38.2 Å². The Morgan fingerprint density at radius 2 is 1.87 bits per heavy atom. The van der Waals surface area contributed by atoms with Crippen LogP contribution in [0.5, 0.6) is 5.75 Å². The number of methoxy groups -OCH3 is 1. The van der Waals surface area contributed by atoms with Crippen molar-refractivity contribution < 1.29 is 33.0 Å². The number of carbonyl (C=O) groups is 2. The number of aromatic carboxylic acids is 1. The molecule has 2 aromatic rings. The number of fused-ring (bicyclic) bond motifs is 3. The second kappa shape index (κ2) is 11.1. The fourth-order valence-corrected chi connectivity index (χ4v) is 8.45. The molecule has 1 aromatic carbocycles. The predicted octanol–water partition coefficient (Wildman–Crippen LogP) is 3.81. The van der Waals surface area contributed by atoms with Crippen molar-refractivity contribution in [3.63, 3.8) is 0 Å². The molecule has 3 aliphatic carbocycles. The maximum Gasteiger partial charge on any atom is 0.408 e. The van der Waals surface area contributed by atoms with Gasteiger partial charge in [-0.2, -0.15) is 0 Å². The van der Waals surface area contributed by atoms with Gasteiger partial charge in [-0.25, -0.2) is 18.4 Å². The lowest BCUT2D eigenvalue weighted by Gasteiger charge is -2.49. The van der Waals surface area contributed by atoms with Gasteiger partial charge in [0.25, 0.3) is 0 Å². The van der Waals surface area contributed by atoms with Crippen LogP contribution in [0.25, 0.3) is 10.9 Å². The zero-order valence-corrected chi connectivity index (χ0v) is 27.3. The van der Waals surface area contributed by atoms with E-state index in [1.54, 1.807) is 0 Å². The number of carbonyl (C=O) groups excluding carboxylic acids is 1. The topological polar surface area (TPSA) is 148 Å². The molecule has 5 fully saturated rings. The van der Waals surface area contributed by atoms with Gasteiger partial charge in [-0.05, 0) is 63.4 Å². The monoisotopic (exact) mass is 645 g/mol. The van der Waals surface area contributed by atoms with Gasteiger partial charge in [0.05, 0.1) is 29.6 Å². The van der Waals surface area contributed by atoms with E-state index in [1.165, 1.54) is 11.7 Å². The summed E-state index contributed by atoms with van der Waals surface area (Å²) in [4.78, 5) is 37.9. The number of halogens is 2. The number of alkyl halides is 1. The normalized spacial score (nSPS) is 34.0. The molecule has 11 nitrogen and oxygen atoms in total. The lowest BCUT2D eigenvalue weighted by Crippen LogP contribution is -2.64. The van der Waals surface area contributed by atoms with Crippen LogP contribution in [-0.2, 0) is 4.74 Å². The predicted molar refractivity (Wildman–Crippen MR) is 169 cm³/mol. The van der Waals surface area contributed by atoms with Crippen LogP contribution in [0.1, 0.15) is 70.3 Å². The third-order valence-electron chi connectivity index (χ3n) is 10.7. The second-order valence-electron chi connectivity index (χ2n) is 15.1. The third-order valence-corrected chi connectivity index (χ3v) is 10.7. The van der Waals surface area contributed by atoms with Crippen molar-refractivity contribution >= 4 is 28.7 Å². The third kappa shape index (κ3) is 5.38. The molecule has 5 N–H and O–H groups in total. The zero-order valence-electron chi connectivity index (χ0n) is 27.3. The van der Waals surface area contributed by atoms with E-state index in [2.05, 4.69) is 24.5 Å². The number of nitrogens with one attached hydrogen (secondary N) is 2. The highest BCUT2D eigenvalue weighted by atomic mass is 19.1. The van der Waals surface area contributed by atoms with E-state index in [9.17, 15) is 23.9 Å². The summed E-state index contributed by atoms with van der Waals surface area (Å²) in [5.74, 6) is -0.0845. The molecule has 46 heavy (non-hydrogen) atoms. The van der Waals surface area contributed by atoms with Gasteiger partial charge in [-0.1, -0.05) is 13.8 Å². The highest BCUT2D eigenvalue weighted by Gasteiger charge is 2.56. The maximum absolute atomic E-state index is 15.3. The number of hydrogen-bond donors (Lipinski definition) is 4. The molecule has 5 aliphatic rings. The van der Waals surface area contributed by atoms with E-state index < -0.39 is 40.6 Å². The molecule has 1 amide bonds. The molecule has 3 heterocycles. The molecule has 2 saturated heterocycles. The van der Waals surface area contributed by atoms with Crippen molar-refractivity contribution in [1.82, 2.24) is 15.2 Å². The Hall–Kier alpha value is -3.45. The summed E-state index contributed by atoms with van der Waals surface area (Å²) in [5, 5.41) is 15.7. The van der Waals surface area contributed by atoms with Crippen LogP contribution in [0.3, 0.4) is 0 Å². The minimum atomic E-state index is -1.44. The van der Waals surface area contributed by atoms with Crippen molar-refractivity contribution in [1.29, 1.82) is 0 Å². The summed E-state index contributed by atoms with van der Waals surface area (Å²) in [6.45, 7) is 12.9. The summed E-state index contributed by atoms with van der Waals surface area (Å²) in [6, 6.07) is 0.426. The van der Waals surface area contributed by atoms with Crippen LogP contribution in [0.2, 0.25) is 0 Å². The van der Waals surface area contributed by atoms with Gasteiger partial charge < -0.3 is 40.4 Å². The van der Waals surface area contributed by atoms with E-state index in [0.29, 0.717) is 30.8 Å². The van der Waals surface area contributed by atoms with Crippen molar-refractivity contribution in [2.45, 2.75) is 82.8 Å². The number of anilines is 1. The number of aromatic nitrogens is 1. The molecule has 8 atom stereocenters. The van der Waals surface area contributed by atoms with Crippen molar-refractivity contribution in [2.24, 2.45) is 29.4 Å². The fraction of sp³-hybridized carbons (Fsp3) is 0.667. The van der Waals surface area contributed by atoms with E-state index in [1.807, 2.05) is 25.7 Å². The number of hydrogen-bond acceptors (Lipinski definition) is 8. The molecule has 3 saturated carbocycles. The number of carboxylic acids is 1. The van der Waals surface area contributed by atoms with Crippen molar-refractivity contribution in [3.8, 4) is 5.75 Å². The largest absolute Gasteiger partial charge is 0.492 e. The van der Waals surface area contributed by atoms with E-state index in [-0.39, 0.29) is 51.8 Å². The quantitative estimate of drug-likeness (QED) is 0.381. The zero-order chi connectivity index (χ0) is 33.5. The summed E-state index contributed by atoms with van der Waals surface area (Å²) < 4.78 is 41.6. The SMILES string of the molecule is COc1c(N2C[C@@H]3[C@H](C)C[C@]3(N)C2)c(F)cc2c(=O)c(C(=O)O)cn([C@@H]3C[C@@H]3F)c12.C[C@@H]1C[C@]2(NC(=O)OC(C)(C)C)CNC[C@H]12. The first-order valence-corrected chi connectivity index (χ1v) is 16.1. The number of ether oxygens (including phenoxy) is 2. The molecular weight excluding hydrogens is 600 g/mol. The molecule has 0 unspecified atom stereocenters. The summed E-state index contributed by atoms with van der Waals surface area (Å²) >= 11 is 0. The van der Waals surface area contributed by atoms with E-state index >= 15 is 4.39 Å². The summed E-state index contributed by atoms with van der Waals surface area (Å²) in [7, 11) is 1.36. The summed E-state index contributed by atoms with van der Waals surface area (Å²) in [5.41, 5.74) is 4.70. The maximum atomic E-state index is 15.3. The fourth-order valence-electron chi connectivity index (χ4n) is 8.45. The van der Waals surface area contributed by atoms with Gasteiger partial charge in [0.2, 0.25) is 5.43 Å². The van der Waals surface area contributed by atoms with Crippen LogP contribution in [0.4, 0.5) is 19.3 Å². The molecule has 0 spiro atoms. The number of nitrogens with two attached hydrogens (primary N) is 1. The van der Waals surface area contributed by atoms with Crippen molar-refractivity contribution in [2.75, 3.05) is 38.2 Å². The Kier molecular flexibility index (Phi) is 7.82.